The lowest BCUT2D eigenvalue weighted by Gasteiger charge is -2.45. The third-order valence-electron chi connectivity index (χ3n) is 7.59. The van der Waals surface area contributed by atoms with Crippen molar-refractivity contribution in [2.75, 3.05) is 50.8 Å². The molecule has 0 saturated carbocycles. The number of morpholine rings is 1. The first-order chi connectivity index (χ1) is 15.7. The minimum absolute atomic E-state index is 0.0357. The Labute approximate surface area is 189 Å². The van der Waals surface area contributed by atoms with Gasteiger partial charge in [0.25, 0.3) is 5.91 Å². The van der Waals surface area contributed by atoms with Gasteiger partial charge < -0.3 is 24.6 Å². The average Bonchev–Trinajstić information content (AvgIpc) is 3.30. The molecule has 0 spiro atoms. The van der Waals surface area contributed by atoms with Crippen LogP contribution in [0.15, 0.2) is 42.5 Å². The van der Waals surface area contributed by atoms with E-state index in [2.05, 4.69) is 57.6 Å². The largest absolute Gasteiger partial charge is 0.479 e. The number of nitrogens with one attached hydrogen (secondary N) is 1. The van der Waals surface area contributed by atoms with Crippen LogP contribution in [0.4, 0.5) is 5.69 Å². The molecule has 5 heterocycles. The van der Waals surface area contributed by atoms with E-state index in [4.69, 9.17) is 9.47 Å². The van der Waals surface area contributed by atoms with Crippen molar-refractivity contribution in [1.82, 2.24) is 10.2 Å². The van der Waals surface area contributed by atoms with Crippen LogP contribution in [0.2, 0.25) is 0 Å². The summed E-state index contributed by atoms with van der Waals surface area (Å²) in [7, 11) is 0. The topological polar surface area (TPSA) is 54.0 Å². The fraction of sp³-hybridized carbons (Fsp3) is 0.500. The van der Waals surface area contributed by atoms with Crippen molar-refractivity contribution < 1.29 is 14.3 Å². The summed E-state index contributed by atoms with van der Waals surface area (Å²) in [6.45, 7) is 6.76. The number of carbonyl (C=O) groups is 1. The van der Waals surface area contributed by atoms with Crippen LogP contribution in [0.5, 0.6) is 5.75 Å². The second kappa shape index (κ2) is 8.41. The molecule has 1 unspecified atom stereocenters. The number of anilines is 1. The highest BCUT2D eigenvalue weighted by Gasteiger charge is 2.38. The summed E-state index contributed by atoms with van der Waals surface area (Å²) in [5.74, 6) is 1.52. The van der Waals surface area contributed by atoms with E-state index in [0.29, 0.717) is 12.3 Å². The number of piperidine rings is 3. The van der Waals surface area contributed by atoms with Crippen LogP contribution < -0.4 is 15.0 Å². The Morgan fingerprint density at radius 3 is 2.47 bits per heavy atom. The summed E-state index contributed by atoms with van der Waals surface area (Å²) in [6.07, 6.45) is 2.60. The zero-order valence-electron chi connectivity index (χ0n) is 18.5. The van der Waals surface area contributed by atoms with Gasteiger partial charge >= 0.3 is 0 Å². The van der Waals surface area contributed by atoms with E-state index in [-0.39, 0.29) is 11.9 Å². The van der Waals surface area contributed by atoms with Crippen molar-refractivity contribution in [2.24, 2.45) is 5.92 Å². The minimum atomic E-state index is -0.436. The molecule has 6 nitrogen and oxygen atoms in total. The highest BCUT2D eigenvalue weighted by Crippen LogP contribution is 2.39. The van der Waals surface area contributed by atoms with Crippen molar-refractivity contribution in [3.8, 4) is 16.9 Å². The number of ether oxygens (including phenoxy) is 2. The Morgan fingerprint density at radius 1 is 0.969 bits per heavy atom. The van der Waals surface area contributed by atoms with Crippen molar-refractivity contribution in [3.63, 3.8) is 0 Å². The first-order valence-electron chi connectivity index (χ1n) is 12.0. The predicted molar refractivity (Wildman–Crippen MR) is 124 cm³/mol. The molecule has 4 saturated heterocycles. The maximum absolute atomic E-state index is 13.1. The van der Waals surface area contributed by atoms with Gasteiger partial charge in [0.15, 0.2) is 6.10 Å². The van der Waals surface area contributed by atoms with Gasteiger partial charge in [-0.2, -0.15) is 0 Å². The molecule has 1 N–H and O–H groups in total. The van der Waals surface area contributed by atoms with Crippen LogP contribution in [0.1, 0.15) is 18.4 Å². The first-order valence-corrected chi connectivity index (χ1v) is 12.0. The average molecular weight is 434 g/mol. The van der Waals surface area contributed by atoms with Gasteiger partial charge in [0.1, 0.15) is 5.75 Å². The third kappa shape index (κ3) is 3.76. The fourth-order valence-electron chi connectivity index (χ4n) is 5.72. The van der Waals surface area contributed by atoms with E-state index in [1.54, 1.807) is 0 Å². The molecule has 2 atom stereocenters. The molecule has 2 aromatic rings. The summed E-state index contributed by atoms with van der Waals surface area (Å²) in [5, 5.41) is 3.31. The molecule has 1 amide bonds. The van der Waals surface area contributed by atoms with Gasteiger partial charge in [0, 0.05) is 43.3 Å². The maximum atomic E-state index is 13.1. The molecular weight excluding hydrogens is 402 g/mol. The van der Waals surface area contributed by atoms with Crippen molar-refractivity contribution in [1.29, 1.82) is 0 Å². The van der Waals surface area contributed by atoms with Crippen LogP contribution in [-0.2, 0) is 16.0 Å². The second-order valence-electron chi connectivity index (χ2n) is 9.50. The van der Waals surface area contributed by atoms with Crippen LogP contribution in [-0.4, -0.2) is 68.9 Å². The number of hydrogen-bond acceptors (Lipinski definition) is 5. The lowest BCUT2D eigenvalue weighted by molar-refractivity contribution is -0.129. The lowest BCUT2D eigenvalue weighted by atomic mass is 9.84. The van der Waals surface area contributed by atoms with E-state index in [1.165, 1.54) is 31.6 Å². The highest BCUT2D eigenvalue weighted by molar-refractivity contribution is 5.84. The second-order valence-corrected chi connectivity index (χ2v) is 9.50. The number of para-hydroxylation sites is 1. The molecule has 2 bridgehead atoms. The molecular formula is C26H31N3O3. The van der Waals surface area contributed by atoms with Crippen LogP contribution in [0, 0.1) is 5.92 Å². The molecule has 168 valence electrons. The smallest absolute Gasteiger partial charge is 0.261 e. The quantitative estimate of drug-likeness (QED) is 0.804. The number of hydrogen-bond donors (Lipinski definition) is 1. The van der Waals surface area contributed by atoms with Crippen molar-refractivity contribution >= 4 is 11.6 Å². The summed E-state index contributed by atoms with van der Waals surface area (Å²) >= 11 is 0. The summed E-state index contributed by atoms with van der Waals surface area (Å²) in [4.78, 5) is 17.9. The SMILES string of the molecule is O=C(N[C@@H]1CN2CCC1CC2)C1Cc2cccc(-c3ccc(N4CCOCC4)cc3)c2O1. The molecule has 32 heavy (non-hydrogen) atoms. The van der Waals surface area contributed by atoms with E-state index < -0.39 is 6.10 Å². The van der Waals surface area contributed by atoms with E-state index >= 15 is 0 Å². The number of benzene rings is 2. The van der Waals surface area contributed by atoms with E-state index in [9.17, 15) is 4.79 Å². The van der Waals surface area contributed by atoms with Gasteiger partial charge in [-0.1, -0.05) is 30.3 Å². The Morgan fingerprint density at radius 2 is 1.75 bits per heavy atom. The molecule has 6 heteroatoms. The molecule has 5 aliphatic heterocycles. The highest BCUT2D eigenvalue weighted by atomic mass is 16.5. The predicted octanol–water partition coefficient (Wildman–Crippen LogP) is 2.70. The number of amides is 1. The normalized spacial score (nSPS) is 28.8. The Hall–Kier alpha value is -2.57. The molecule has 4 fully saturated rings. The Bertz CT molecular complexity index is 978. The summed E-state index contributed by atoms with van der Waals surface area (Å²) < 4.78 is 11.7. The van der Waals surface area contributed by atoms with Gasteiger partial charge in [0.05, 0.1) is 13.2 Å². The molecule has 0 aromatic heterocycles. The molecule has 0 aliphatic carbocycles. The van der Waals surface area contributed by atoms with Crippen LogP contribution in [0.25, 0.3) is 11.1 Å². The van der Waals surface area contributed by atoms with Crippen molar-refractivity contribution in [3.05, 3.63) is 48.0 Å². The van der Waals surface area contributed by atoms with E-state index in [1.807, 2.05) is 0 Å². The molecule has 7 rings (SSSR count). The number of nitrogens with zero attached hydrogens (tertiary/aromatic N) is 2. The van der Waals surface area contributed by atoms with Gasteiger partial charge in [-0.3, -0.25) is 4.79 Å². The van der Waals surface area contributed by atoms with Crippen LogP contribution in [0.3, 0.4) is 0 Å². The Kier molecular flexibility index (Phi) is 5.27. The van der Waals surface area contributed by atoms with E-state index in [0.717, 1.165) is 55.3 Å². The number of rotatable bonds is 4. The van der Waals surface area contributed by atoms with Gasteiger partial charge in [-0.15, -0.1) is 0 Å². The molecule has 2 aromatic carbocycles. The Balaban J connectivity index is 1.16. The van der Waals surface area contributed by atoms with Crippen molar-refractivity contribution in [2.45, 2.75) is 31.4 Å². The zero-order valence-corrected chi connectivity index (χ0v) is 18.5. The fourth-order valence-corrected chi connectivity index (χ4v) is 5.72. The first kappa shape index (κ1) is 20.1. The monoisotopic (exact) mass is 433 g/mol. The number of carbonyl (C=O) groups excluding carboxylic acids is 1. The standard InChI is InChI=1S/C26H31N3O3/c30-26(27-23-17-28-10-8-19(23)9-11-28)24-16-20-2-1-3-22(25(20)32-24)18-4-6-21(7-5-18)29-12-14-31-15-13-29/h1-7,19,23-24H,8-17H2,(H,27,30)/t23-,24?/m1/s1. The lowest BCUT2D eigenvalue weighted by Crippen LogP contribution is -2.58. The van der Waals surface area contributed by atoms with Gasteiger partial charge in [0.2, 0.25) is 0 Å². The maximum Gasteiger partial charge on any atom is 0.261 e. The number of fused-ring (bicyclic) bond motifs is 4. The van der Waals surface area contributed by atoms with Gasteiger partial charge in [-0.25, -0.2) is 0 Å². The molecule has 0 radical (unpaired) electrons. The van der Waals surface area contributed by atoms with Crippen LogP contribution >= 0.6 is 0 Å². The van der Waals surface area contributed by atoms with Gasteiger partial charge in [-0.05, 0) is 55.1 Å². The summed E-state index contributed by atoms with van der Waals surface area (Å²) in [6, 6.07) is 15.2. The zero-order chi connectivity index (χ0) is 21.5. The molecule has 5 aliphatic rings. The minimum Gasteiger partial charge on any atom is -0.479 e. The third-order valence-corrected chi connectivity index (χ3v) is 7.59. The summed E-state index contributed by atoms with van der Waals surface area (Å²) in [5.41, 5.74) is 4.53.